The van der Waals surface area contributed by atoms with Gasteiger partial charge in [-0.1, -0.05) is 45.1 Å². The van der Waals surface area contributed by atoms with Gasteiger partial charge in [0.1, 0.15) is 5.75 Å². The Labute approximate surface area is 96.6 Å². The normalized spacial score (nSPS) is 10.9. The van der Waals surface area contributed by atoms with Crippen molar-refractivity contribution in [1.82, 2.24) is 0 Å². The van der Waals surface area contributed by atoms with E-state index in [1.54, 1.807) is 0 Å². The van der Waals surface area contributed by atoms with Gasteiger partial charge in [0.2, 0.25) is 0 Å². The molecule has 1 aromatic rings. The summed E-state index contributed by atoms with van der Waals surface area (Å²) in [5, 5.41) is 2.98. The predicted molar refractivity (Wildman–Crippen MR) is 68.7 cm³/mol. The van der Waals surface area contributed by atoms with Crippen LogP contribution in [0.25, 0.3) is 0 Å². The second-order valence-corrected chi connectivity index (χ2v) is 4.84. The van der Waals surface area contributed by atoms with Crippen LogP contribution in [0.3, 0.4) is 0 Å². The first-order valence-electron chi connectivity index (χ1n) is 4.95. The summed E-state index contributed by atoms with van der Waals surface area (Å²) < 4.78 is 5.73. The molecule has 0 amide bonds. The highest BCUT2D eigenvalue weighted by Crippen LogP contribution is 2.25. The molecule has 2 nitrogen and oxygen atoms in total. The summed E-state index contributed by atoms with van der Waals surface area (Å²) in [6.45, 7) is 7.11. The highest BCUT2D eigenvalue weighted by Gasteiger charge is 2.12. The first-order chi connectivity index (χ1) is 7.03. The van der Waals surface area contributed by atoms with E-state index in [-0.39, 0.29) is 5.41 Å². The molecule has 15 heavy (non-hydrogen) atoms. The minimum absolute atomic E-state index is 0.158. The van der Waals surface area contributed by atoms with Crippen molar-refractivity contribution in [3.63, 3.8) is 0 Å². The van der Waals surface area contributed by atoms with Crippen molar-refractivity contribution in [2.24, 2.45) is 5.41 Å². The number of hydrogen-bond donors (Lipinski definition) is 1. The molecule has 1 aromatic carbocycles. The smallest absolute Gasteiger partial charge is 0.142 e. The van der Waals surface area contributed by atoms with E-state index in [0.717, 1.165) is 11.4 Å². The van der Waals surface area contributed by atoms with E-state index in [2.05, 4.69) is 26.1 Å². The van der Waals surface area contributed by atoms with Gasteiger partial charge in [0, 0.05) is 0 Å². The second-order valence-electron chi connectivity index (χ2n) is 4.61. The van der Waals surface area contributed by atoms with Gasteiger partial charge in [-0.3, -0.25) is 0 Å². The fourth-order valence-electron chi connectivity index (χ4n) is 1.07. The Balaban J connectivity index is 2.71. The van der Waals surface area contributed by atoms with Crippen LogP contribution < -0.4 is 10.1 Å². The molecule has 0 aliphatic heterocycles. The van der Waals surface area contributed by atoms with E-state index in [0.29, 0.717) is 6.61 Å². The fourth-order valence-corrected chi connectivity index (χ4v) is 1.20. The fraction of sp³-hybridized carbons (Fsp3) is 0.417. The van der Waals surface area contributed by atoms with E-state index in [9.17, 15) is 0 Å². The van der Waals surface area contributed by atoms with Gasteiger partial charge in [-0.05, 0) is 17.5 Å². The zero-order valence-electron chi connectivity index (χ0n) is 9.41. The lowest BCUT2D eigenvalue weighted by Crippen LogP contribution is -2.17. The molecule has 0 saturated heterocycles. The molecule has 0 aliphatic rings. The predicted octanol–water partition coefficient (Wildman–Crippen LogP) is 3.48. The molecule has 1 N–H and O–H groups in total. The zero-order valence-corrected chi connectivity index (χ0v) is 10.2. The van der Waals surface area contributed by atoms with Gasteiger partial charge >= 0.3 is 0 Å². The molecule has 0 bridgehead atoms. The third kappa shape index (κ3) is 4.30. The summed E-state index contributed by atoms with van der Waals surface area (Å²) in [5.41, 5.74) is 2.56. The Hall–Kier alpha value is -1.09. The van der Waals surface area contributed by atoms with E-state index in [1.165, 1.54) is 5.49 Å². The van der Waals surface area contributed by atoms with Gasteiger partial charge in [-0.2, -0.15) is 0 Å². The average molecular weight is 223 g/mol. The average Bonchev–Trinajstić information content (AvgIpc) is 2.16. The van der Waals surface area contributed by atoms with Crippen LogP contribution >= 0.6 is 12.2 Å². The summed E-state index contributed by atoms with van der Waals surface area (Å²) in [6, 6.07) is 7.78. The molecule has 82 valence electrons. The van der Waals surface area contributed by atoms with E-state index < -0.39 is 0 Å². The van der Waals surface area contributed by atoms with Gasteiger partial charge in [-0.15, -0.1) is 0 Å². The van der Waals surface area contributed by atoms with Crippen LogP contribution in [0.5, 0.6) is 5.75 Å². The van der Waals surface area contributed by atoms with Crippen molar-refractivity contribution in [2.45, 2.75) is 20.8 Å². The van der Waals surface area contributed by atoms with Crippen LogP contribution in [0.4, 0.5) is 5.69 Å². The Bertz CT molecular complexity index is 331. The molecule has 0 saturated carbocycles. The maximum Gasteiger partial charge on any atom is 0.142 e. The molecule has 3 heteroatoms. The van der Waals surface area contributed by atoms with Crippen molar-refractivity contribution in [2.75, 3.05) is 11.9 Å². The van der Waals surface area contributed by atoms with Crippen molar-refractivity contribution in [3.05, 3.63) is 24.3 Å². The summed E-state index contributed by atoms with van der Waals surface area (Å²) >= 11 is 4.76. The lowest BCUT2D eigenvalue weighted by Gasteiger charge is -2.20. The zero-order chi connectivity index (χ0) is 11.3. The second kappa shape index (κ2) is 5.12. The van der Waals surface area contributed by atoms with Crippen molar-refractivity contribution in [1.29, 1.82) is 0 Å². The molecule has 0 spiro atoms. The number of benzene rings is 1. The van der Waals surface area contributed by atoms with Crippen LogP contribution in [0.2, 0.25) is 0 Å². The van der Waals surface area contributed by atoms with Crippen molar-refractivity contribution < 1.29 is 4.74 Å². The number of ether oxygens (including phenoxy) is 1. The number of para-hydroxylation sites is 2. The minimum atomic E-state index is 0.158. The first kappa shape index (κ1) is 12.0. The van der Waals surface area contributed by atoms with E-state index >= 15 is 0 Å². The van der Waals surface area contributed by atoms with E-state index in [4.69, 9.17) is 17.0 Å². The number of anilines is 1. The van der Waals surface area contributed by atoms with Crippen LogP contribution in [-0.4, -0.2) is 12.1 Å². The molecular weight excluding hydrogens is 206 g/mol. The minimum Gasteiger partial charge on any atom is -0.491 e. The maximum atomic E-state index is 5.73. The first-order valence-corrected chi connectivity index (χ1v) is 5.42. The molecule has 0 fully saturated rings. The third-order valence-electron chi connectivity index (χ3n) is 1.76. The molecule has 1 rings (SSSR count). The highest BCUT2D eigenvalue weighted by atomic mass is 32.1. The van der Waals surface area contributed by atoms with Gasteiger partial charge in [-0.25, -0.2) is 0 Å². The molecule has 0 unspecified atom stereocenters. The van der Waals surface area contributed by atoms with Crippen LogP contribution in [0.15, 0.2) is 24.3 Å². The van der Waals surface area contributed by atoms with Crippen LogP contribution in [-0.2, 0) is 0 Å². The number of hydrogen-bond acceptors (Lipinski definition) is 2. The van der Waals surface area contributed by atoms with Crippen LogP contribution in [0.1, 0.15) is 20.8 Å². The maximum absolute atomic E-state index is 5.73. The van der Waals surface area contributed by atoms with Gasteiger partial charge in [0.15, 0.2) is 0 Å². The number of thiocarbonyl (C=S) groups is 1. The highest BCUT2D eigenvalue weighted by molar-refractivity contribution is 7.79. The van der Waals surface area contributed by atoms with Crippen molar-refractivity contribution >= 4 is 23.4 Å². The van der Waals surface area contributed by atoms with Crippen LogP contribution in [0, 0.1) is 5.41 Å². The summed E-state index contributed by atoms with van der Waals surface area (Å²) in [5.74, 6) is 0.841. The largest absolute Gasteiger partial charge is 0.491 e. The Morgan fingerprint density at radius 1 is 1.33 bits per heavy atom. The summed E-state index contributed by atoms with van der Waals surface area (Å²) in [6.07, 6.45) is 0. The quantitative estimate of drug-likeness (QED) is 0.790. The van der Waals surface area contributed by atoms with E-state index in [1.807, 2.05) is 24.3 Å². The lowest BCUT2D eigenvalue weighted by molar-refractivity contribution is 0.199. The molecule has 0 atom stereocenters. The molecule has 0 aromatic heterocycles. The molecule has 0 heterocycles. The SMILES string of the molecule is CC(C)(C)COc1ccccc1NC=S. The van der Waals surface area contributed by atoms with Gasteiger partial charge in [0.25, 0.3) is 0 Å². The number of nitrogens with one attached hydrogen (secondary N) is 1. The number of rotatable bonds is 4. The summed E-state index contributed by atoms with van der Waals surface area (Å²) in [7, 11) is 0. The third-order valence-corrected chi connectivity index (χ3v) is 1.88. The van der Waals surface area contributed by atoms with Crippen molar-refractivity contribution in [3.8, 4) is 5.75 Å². The monoisotopic (exact) mass is 223 g/mol. The Morgan fingerprint density at radius 3 is 2.60 bits per heavy atom. The molecular formula is C12H17NOS. The topological polar surface area (TPSA) is 21.3 Å². The Morgan fingerprint density at radius 2 is 2.00 bits per heavy atom. The standard InChI is InChI=1S/C12H17NOS/c1-12(2,3)8-14-11-7-5-4-6-10(11)13-9-15/h4-7,9H,8H2,1-3H3,(H,13,15). The lowest BCUT2D eigenvalue weighted by atomic mass is 9.99. The summed E-state index contributed by atoms with van der Waals surface area (Å²) in [4.78, 5) is 0. The van der Waals surface area contributed by atoms with Gasteiger partial charge in [0.05, 0.1) is 17.8 Å². The molecule has 0 radical (unpaired) electrons. The Kier molecular flexibility index (Phi) is 4.09. The van der Waals surface area contributed by atoms with Gasteiger partial charge < -0.3 is 10.1 Å². The molecule has 0 aliphatic carbocycles.